The third kappa shape index (κ3) is 2.46. The van der Waals surface area contributed by atoms with E-state index in [1.807, 2.05) is 23.6 Å². The lowest BCUT2D eigenvalue weighted by Gasteiger charge is -2.10. The molecule has 0 saturated carbocycles. The Balaban J connectivity index is 1.96. The summed E-state index contributed by atoms with van der Waals surface area (Å²) in [4.78, 5) is 8.83. The summed E-state index contributed by atoms with van der Waals surface area (Å²) in [5, 5.41) is 12.2. The first-order chi connectivity index (χ1) is 9.79. The fraction of sp³-hybridized carbons (Fsp3) is 0.333. The van der Waals surface area contributed by atoms with Crippen molar-refractivity contribution in [3.05, 3.63) is 46.7 Å². The van der Waals surface area contributed by atoms with E-state index < -0.39 is 6.10 Å². The standard InChI is InChI=1S/C15H17N3OS/c1-2-7-18-13-6-4-3-5-11(13)17-15(18)8-14(19)12-9-20-10-16-12/h3-6,9-10,14,19H,2,7-8H2,1H3. The number of hydrogen-bond acceptors (Lipinski definition) is 4. The lowest BCUT2D eigenvalue weighted by molar-refractivity contribution is 0.170. The molecular formula is C15H17N3OS. The van der Waals surface area contributed by atoms with Crippen LogP contribution in [0.5, 0.6) is 0 Å². The molecule has 4 nitrogen and oxygen atoms in total. The molecular weight excluding hydrogens is 270 g/mol. The first kappa shape index (κ1) is 13.3. The van der Waals surface area contributed by atoms with E-state index in [-0.39, 0.29) is 0 Å². The Kier molecular flexibility index (Phi) is 3.80. The Morgan fingerprint density at radius 3 is 2.95 bits per heavy atom. The van der Waals surface area contributed by atoms with Gasteiger partial charge in [-0.15, -0.1) is 11.3 Å². The van der Waals surface area contributed by atoms with Crippen LogP contribution in [0.25, 0.3) is 11.0 Å². The van der Waals surface area contributed by atoms with Crippen molar-refractivity contribution in [2.45, 2.75) is 32.4 Å². The molecule has 20 heavy (non-hydrogen) atoms. The molecule has 0 aliphatic heterocycles. The maximum atomic E-state index is 10.3. The number of thiazole rings is 1. The molecule has 0 aliphatic rings. The molecule has 1 aromatic carbocycles. The summed E-state index contributed by atoms with van der Waals surface area (Å²) in [6.07, 6.45) is 0.951. The SMILES string of the molecule is CCCn1c(CC(O)c2cscn2)nc2ccccc21. The quantitative estimate of drug-likeness (QED) is 0.784. The predicted octanol–water partition coefficient (Wildman–Crippen LogP) is 3.18. The summed E-state index contributed by atoms with van der Waals surface area (Å²) in [7, 11) is 0. The zero-order chi connectivity index (χ0) is 13.9. The summed E-state index contributed by atoms with van der Waals surface area (Å²) in [6, 6.07) is 8.11. The maximum Gasteiger partial charge on any atom is 0.112 e. The molecule has 0 aliphatic carbocycles. The van der Waals surface area contributed by atoms with Crippen molar-refractivity contribution in [1.29, 1.82) is 0 Å². The Hall–Kier alpha value is -1.72. The minimum absolute atomic E-state index is 0.498. The van der Waals surface area contributed by atoms with E-state index in [1.165, 1.54) is 11.3 Å². The number of para-hydroxylation sites is 2. The average Bonchev–Trinajstić information content (AvgIpc) is 3.08. The first-order valence-electron chi connectivity index (χ1n) is 6.80. The summed E-state index contributed by atoms with van der Waals surface area (Å²) >= 11 is 1.50. The van der Waals surface area contributed by atoms with Gasteiger partial charge in [-0.3, -0.25) is 0 Å². The summed E-state index contributed by atoms with van der Waals surface area (Å²) in [5.41, 5.74) is 4.59. The number of aryl methyl sites for hydroxylation is 1. The number of imidazole rings is 1. The molecule has 1 unspecified atom stereocenters. The second kappa shape index (κ2) is 5.73. The van der Waals surface area contributed by atoms with Crippen LogP contribution in [0.4, 0.5) is 0 Å². The van der Waals surface area contributed by atoms with Crippen molar-refractivity contribution in [1.82, 2.24) is 14.5 Å². The lowest BCUT2D eigenvalue weighted by atomic mass is 10.2. The van der Waals surface area contributed by atoms with Crippen molar-refractivity contribution in [3.63, 3.8) is 0 Å². The van der Waals surface area contributed by atoms with Gasteiger partial charge < -0.3 is 9.67 Å². The van der Waals surface area contributed by atoms with E-state index in [0.29, 0.717) is 6.42 Å². The van der Waals surface area contributed by atoms with Crippen molar-refractivity contribution >= 4 is 22.4 Å². The van der Waals surface area contributed by atoms with Crippen LogP contribution in [-0.2, 0) is 13.0 Å². The average molecular weight is 287 g/mol. The van der Waals surface area contributed by atoms with Crippen molar-refractivity contribution in [3.8, 4) is 0 Å². The Bertz CT molecular complexity index is 690. The largest absolute Gasteiger partial charge is 0.386 e. The highest BCUT2D eigenvalue weighted by Gasteiger charge is 2.16. The number of hydrogen-bond donors (Lipinski definition) is 1. The van der Waals surface area contributed by atoms with E-state index in [0.717, 1.165) is 35.5 Å². The number of nitrogens with zero attached hydrogens (tertiary/aromatic N) is 3. The molecule has 0 saturated heterocycles. The van der Waals surface area contributed by atoms with E-state index in [4.69, 9.17) is 0 Å². The van der Waals surface area contributed by atoms with Crippen LogP contribution in [0.15, 0.2) is 35.2 Å². The van der Waals surface area contributed by atoms with Crippen molar-refractivity contribution < 1.29 is 5.11 Å². The van der Waals surface area contributed by atoms with Crippen molar-refractivity contribution in [2.24, 2.45) is 0 Å². The van der Waals surface area contributed by atoms with Gasteiger partial charge in [0, 0.05) is 18.3 Å². The van der Waals surface area contributed by atoms with Gasteiger partial charge in [-0.25, -0.2) is 9.97 Å². The van der Waals surface area contributed by atoms with Gasteiger partial charge in [0.25, 0.3) is 0 Å². The number of benzene rings is 1. The minimum Gasteiger partial charge on any atom is -0.386 e. The van der Waals surface area contributed by atoms with Gasteiger partial charge in [-0.2, -0.15) is 0 Å². The topological polar surface area (TPSA) is 50.9 Å². The Morgan fingerprint density at radius 1 is 1.35 bits per heavy atom. The monoisotopic (exact) mass is 287 g/mol. The van der Waals surface area contributed by atoms with E-state index in [9.17, 15) is 5.11 Å². The second-order valence-electron chi connectivity index (χ2n) is 4.80. The molecule has 104 valence electrons. The summed E-state index contributed by atoms with van der Waals surface area (Å²) < 4.78 is 2.20. The van der Waals surface area contributed by atoms with Gasteiger partial charge in [-0.1, -0.05) is 19.1 Å². The molecule has 5 heteroatoms. The number of aliphatic hydroxyl groups excluding tert-OH is 1. The zero-order valence-corrected chi connectivity index (χ0v) is 12.2. The molecule has 0 radical (unpaired) electrons. The minimum atomic E-state index is -0.589. The van der Waals surface area contributed by atoms with Gasteiger partial charge >= 0.3 is 0 Å². The molecule has 2 heterocycles. The normalized spacial score (nSPS) is 12.9. The van der Waals surface area contributed by atoms with Crippen LogP contribution >= 0.6 is 11.3 Å². The second-order valence-corrected chi connectivity index (χ2v) is 5.52. The van der Waals surface area contributed by atoms with Crippen LogP contribution in [-0.4, -0.2) is 19.6 Å². The number of fused-ring (bicyclic) bond motifs is 1. The molecule has 1 N–H and O–H groups in total. The molecule has 1 atom stereocenters. The Morgan fingerprint density at radius 2 is 2.20 bits per heavy atom. The molecule has 0 bridgehead atoms. The highest BCUT2D eigenvalue weighted by Crippen LogP contribution is 2.22. The van der Waals surface area contributed by atoms with E-state index >= 15 is 0 Å². The highest BCUT2D eigenvalue weighted by atomic mass is 32.1. The van der Waals surface area contributed by atoms with Gasteiger partial charge in [-0.05, 0) is 18.6 Å². The number of aromatic nitrogens is 3. The molecule has 2 aromatic heterocycles. The number of aliphatic hydroxyl groups is 1. The molecule has 0 spiro atoms. The smallest absolute Gasteiger partial charge is 0.112 e. The highest BCUT2D eigenvalue weighted by molar-refractivity contribution is 7.07. The summed E-state index contributed by atoms with van der Waals surface area (Å²) in [6.45, 7) is 3.06. The van der Waals surface area contributed by atoms with Crippen molar-refractivity contribution in [2.75, 3.05) is 0 Å². The fourth-order valence-electron chi connectivity index (χ4n) is 2.42. The van der Waals surface area contributed by atoms with Gasteiger partial charge in [0.05, 0.1) is 22.2 Å². The van der Waals surface area contributed by atoms with Crippen LogP contribution < -0.4 is 0 Å². The van der Waals surface area contributed by atoms with E-state index in [1.54, 1.807) is 5.51 Å². The zero-order valence-electron chi connectivity index (χ0n) is 11.4. The Labute approximate surface area is 121 Å². The van der Waals surface area contributed by atoms with Gasteiger partial charge in [0.1, 0.15) is 11.9 Å². The van der Waals surface area contributed by atoms with E-state index in [2.05, 4.69) is 27.5 Å². The molecule has 0 amide bonds. The fourth-order valence-corrected chi connectivity index (χ4v) is 3.02. The number of rotatable bonds is 5. The first-order valence-corrected chi connectivity index (χ1v) is 7.74. The summed E-state index contributed by atoms with van der Waals surface area (Å²) in [5.74, 6) is 0.925. The third-order valence-corrected chi connectivity index (χ3v) is 3.95. The lowest BCUT2D eigenvalue weighted by Crippen LogP contribution is -2.09. The van der Waals surface area contributed by atoms with Crippen LogP contribution in [0.3, 0.4) is 0 Å². The van der Waals surface area contributed by atoms with Gasteiger partial charge in [0.15, 0.2) is 0 Å². The van der Waals surface area contributed by atoms with Crippen LogP contribution in [0.2, 0.25) is 0 Å². The van der Waals surface area contributed by atoms with Crippen LogP contribution in [0, 0.1) is 0 Å². The third-order valence-electron chi connectivity index (χ3n) is 3.35. The molecule has 3 aromatic rings. The molecule has 3 rings (SSSR count). The van der Waals surface area contributed by atoms with Crippen LogP contribution in [0.1, 0.15) is 31.0 Å². The predicted molar refractivity (Wildman–Crippen MR) is 80.8 cm³/mol. The van der Waals surface area contributed by atoms with Gasteiger partial charge in [0.2, 0.25) is 0 Å². The molecule has 0 fully saturated rings. The maximum absolute atomic E-state index is 10.3.